The lowest BCUT2D eigenvalue weighted by Gasteiger charge is -2.07. The van der Waals surface area contributed by atoms with Crippen molar-refractivity contribution in [2.24, 2.45) is 15.8 Å². The van der Waals surface area contributed by atoms with Crippen LogP contribution in [0.25, 0.3) is 21.5 Å². The molecule has 0 aliphatic carbocycles. The highest BCUT2D eigenvalue weighted by Gasteiger charge is 2.05. The van der Waals surface area contributed by atoms with Gasteiger partial charge in [0.2, 0.25) is 5.96 Å². The van der Waals surface area contributed by atoms with Crippen LogP contribution in [-0.2, 0) is 0 Å². The van der Waals surface area contributed by atoms with Crippen molar-refractivity contribution in [3.05, 3.63) is 60.2 Å². The molecule has 21 heavy (non-hydrogen) atoms. The second-order valence-corrected chi connectivity index (χ2v) is 4.71. The average molecular weight is 276 g/mol. The van der Waals surface area contributed by atoms with Crippen LogP contribution < -0.4 is 11.2 Å². The van der Waals surface area contributed by atoms with Crippen LogP contribution in [-0.4, -0.2) is 19.2 Å². The fraction of sp³-hybridized carbons (Fsp3) is 0.0588. The molecule has 0 unspecified atom stereocenters. The Labute approximate surface area is 123 Å². The number of guanidine groups is 1. The van der Waals surface area contributed by atoms with Gasteiger partial charge in [0, 0.05) is 12.6 Å². The van der Waals surface area contributed by atoms with E-state index < -0.39 is 0 Å². The summed E-state index contributed by atoms with van der Waals surface area (Å²) in [7, 11) is 1.62. The van der Waals surface area contributed by atoms with Crippen LogP contribution >= 0.6 is 0 Å². The number of nitrogens with two attached hydrogens (primary N) is 1. The van der Waals surface area contributed by atoms with Crippen LogP contribution in [0.3, 0.4) is 0 Å². The highest BCUT2D eigenvalue weighted by atomic mass is 15.3. The van der Waals surface area contributed by atoms with Crippen molar-refractivity contribution in [2.75, 3.05) is 7.05 Å². The molecule has 0 radical (unpaired) electrons. The van der Waals surface area contributed by atoms with Crippen LogP contribution in [0, 0.1) is 0 Å². The third kappa shape index (κ3) is 2.56. The Morgan fingerprint density at radius 3 is 2.14 bits per heavy atom. The molecule has 0 amide bonds. The largest absolute Gasteiger partial charge is 0.369 e. The van der Waals surface area contributed by atoms with E-state index in [0.717, 1.165) is 16.3 Å². The Bertz CT molecular complexity index is 796. The van der Waals surface area contributed by atoms with Crippen LogP contribution in [0.1, 0.15) is 5.56 Å². The zero-order valence-electron chi connectivity index (χ0n) is 11.7. The van der Waals surface area contributed by atoms with Gasteiger partial charge in [-0.15, -0.1) is 0 Å². The minimum atomic E-state index is 0.288. The smallest absolute Gasteiger partial charge is 0.209 e. The zero-order valence-corrected chi connectivity index (χ0v) is 11.7. The number of hydrazone groups is 1. The van der Waals surface area contributed by atoms with Gasteiger partial charge in [-0.3, -0.25) is 4.99 Å². The molecule has 0 aliphatic rings. The Hall–Kier alpha value is -2.88. The highest BCUT2D eigenvalue weighted by molar-refractivity contribution is 6.13. The third-order valence-electron chi connectivity index (χ3n) is 3.43. The quantitative estimate of drug-likeness (QED) is 0.327. The number of hydrogen-bond donors (Lipinski definition) is 2. The SMILES string of the molecule is CN=C(N)NN=Cc1c2ccccc2cc2ccccc12. The van der Waals surface area contributed by atoms with Crippen molar-refractivity contribution >= 4 is 33.7 Å². The first-order valence-corrected chi connectivity index (χ1v) is 6.71. The molecule has 3 aromatic rings. The summed E-state index contributed by atoms with van der Waals surface area (Å²) in [6.45, 7) is 0. The van der Waals surface area contributed by atoms with E-state index in [1.54, 1.807) is 13.3 Å². The Morgan fingerprint density at radius 2 is 1.57 bits per heavy atom. The van der Waals surface area contributed by atoms with E-state index in [9.17, 15) is 0 Å². The predicted octanol–water partition coefficient (Wildman–Crippen LogP) is 2.86. The van der Waals surface area contributed by atoms with Crippen LogP contribution in [0.4, 0.5) is 0 Å². The van der Waals surface area contributed by atoms with E-state index in [2.05, 4.69) is 45.9 Å². The number of aliphatic imine (C=N–C) groups is 1. The van der Waals surface area contributed by atoms with Gasteiger partial charge in [-0.1, -0.05) is 48.5 Å². The summed E-state index contributed by atoms with van der Waals surface area (Å²) in [4.78, 5) is 3.81. The average Bonchev–Trinajstić information content (AvgIpc) is 2.54. The van der Waals surface area contributed by atoms with Gasteiger partial charge >= 0.3 is 0 Å². The van der Waals surface area contributed by atoms with E-state index >= 15 is 0 Å². The van der Waals surface area contributed by atoms with Gasteiger partial charge in [0.1, 0.15) is 0 Å². The van der Waals surface area contributed by atoms with Gasteiger partial charge in [-0.2, -0.15) is 5.10 Å². The fourth-order valence-corrected chi connectivity index (χ4v) is 2.40. The van der Waals surface area contributed by atoms with Crippen molar-refractivity contribution in [3.8, 4) is 0 Å². The minimum Gasteiger partial charge on any atom is -0.369 e. The number of fused-ring (bicyclic) bond motifs is 2. The molecule has 3 N–H and O–H groups in total. The number of benzene rings is 3. The second kappa shape index (κ2) is 5.63. The van der Waals surface area contributed by atoms with Gasteiger partial charge in [-0.05, 0) is 27.6 Å². The number of nitrogens with zero attached hydrogens (tertiary/aromatic N) is 2. The lowest BCUT2D eigenvalue weighted by Crippen LogP contribution is -2.26. The monoisotopic (exact) mass is 276 g/mol. The fourth-order valence-electron chi connectivity index (χ4n) is 2.40. The summed E-state index contributed by atoms with van der Waals surface area (Å²) in [6, 6.07) is 18.7. The van der Waals surface area contributed by atoms with Gasteiger partial charge in [0.25, 0.3) is 0 Å². The predicted molar refractivity (Wildman–Crippen MR) is 89.7 cm³/mol. The lowest BCUT2D eigenvalue weighted by molar-refractivity contribution is 1.01. The molecule has 4 heteroatoms. The van der Waals surface area contributed by atoms with E-state index in [0.29, 0.717) is 0 Å². The number of nitrogens with one attached hydrogen (secondary N) is 1. The normalized spacial score (nSPS) is 12.3. The van der Waals surface area contributed by atoms with Crippen LogP contribution in [0.15, 0.2) is 64.7 Å². The molecule has 0 atom stereocenters. The first-order valence-electron chi connectivity index (χ1n) is 6.71. The third-order valence-corrected chi connectivity index (χ3v) is 3.43. The minimum absolute atomic E-state index is 0.288. The molecule has 0 spiro atoms. The molecule has 0 saturated heterocycles. The topological polar surface area (TPSA) is 62.8 Å². The highest BCUT2D eigenvalue weighted by Crippen LogP contribution is 2.27. The molecule has 3 rings (SSSR count). The molecule has 0 aliphatic heterocycles. The molecule has 0 fully saturated rings. The maximum Gasteiger partial charge on any atom is 0.209 e. The number of hydrogen-bond acceptors (Lipinski definition) is 2. The van der Waals surface area contributed by atoms with E-state index in [4.69, 9.17) is 5.73 Å². The summed E-state index contributed by atoms with van der Waals surface area (Å²) in [5, 5.41) is 8.88. The van der Waals surface area contributed by atoms with Gasteiger partial charge in [0.05, 0.1) is 6.21 Å². The first kappa shape index (κ1) is 13.1. The summed E-state index contributed by atoms with van der Waals surface area (Å²) >= 11 is 0. The second-order valence-electron chi connectivity index (χ2n) is 4.71. The molecule has 3 aromatic carbocycles. The van der Waals surface area contributed by atoms with E-state index in [-0.39, 0.29) is 5.96 Å². The van der Waals surface area contributed by atoms with Crippen LogP contribution in [0.5, 0.6) is 0 Å². The van der Waals surface area contributed by atoms with Crippen molar-refractivity contribution < 1.29 is 0 Å². The molecule has 0 heterocycles. The molecular formula is C17H16N4. The molecular weight excluding hydrogens is 260 g/mol. The summed E-state index contributed by atoms with van der Waals surface area (Å²) in [5.74, 6) is 0.288. The van der Waals surface area contributed by atoms with Crippen molar-refractivity contribution in [3.63, 3.8) is 0 Å². The Kier molecular flexibility index (Phi) is 3.51. The zero-order chi connectivity index (χ0) is 14.7. The molecule has 4 nitrogen and oxygen atoms in total. The summed E-state index contributed by atoms with van der Waals surface area (Å²) < 4.78 is 0. The van der Waals surface area contributed by atoms with E-state index in [1.807, 2.05) is 24.3 Å². The molecule has 0 aromatic heterocycles. The molecule has 0 saturated carbocycles. The Balaban J connectivity index is 2.20. The lowest BCUT2D eigenvalue weighted by atomic mass is 9.97. The van der Waals surface area contributed by atoms with Gasteiger partial charge in [-0.25, -0.2) is 5.43 Å². The molecule has 0 bridgehead atoms. The number of rotatable bonds is 2. The van der Waals surface area contributed by atoms with Crippen molar-refractivity contribution in [1.82, 2.24) is 5.43 Å². The first-order chi connectivity index (χ1) is 10.3. The van der Waals surface area contributed by atoms with Crippen molar-refractivity contribution in [1.29, 1.82) is 0 Å². The maximum absolute atomic E-state index is 5.59. The van der Waals surface area contributed by atoms with Gasteiger partial charge < -0.3 is 5.73 Å². The standard InChI is InChI=1S/C17H16N4/c1-19-17(18)21-20-11-16-14-8-4-2-6-12(14)10-13-7-3-5-9-15(13)16/h2-11H,1H3,(H3,18,19,21). The van der Waals surface area contributed by atoms with Crippen LogP contribution in [0.2, 0.25) is 0 Å². The van der Waals surface area contributed by atoms with E-state index in [1.165, 1.54) is 10.8 Å². The van der Waals surface area contributed by atoms with Crippen molar-refractivity contribution in [2.45, 2.75) is 0 Å². The summed E-state index contributed by atoms with van der Waals surface area (Å²) in [6.07, 6.45) is 1.79. The van der Waals surface area contributed by atoms with Gasteiger partial charge in [0.15, 0.2) is 0 Å². The molecule has 104 valence electrons. The maximum atomic E-state index is 5.59. The Morgan fingerprint density at radius 1 is 1.00 bits per heavy atom. The summed E-state index contributed by atoms with van der Waals surface area (Å²) in [5.41, 5.74) is 9.36.